The van der Waals surface area contributed by atoms with Crippen LogP contribution >= 0.6 is 12.4 Å². The van der Waals surface area contributed by atoms with E-state index in [1.54, 1.807) is 7.11 Å². The smallest absolute Gasteiger partial charge is 0.279 e. The molecule has 1 N–H and O–H groups in total. The Morgan fingerprint density at radius 2 is 2.00 bits per heavy atom. The van der Waals surface area contributed by atoms with Crippen LogP contribution in [0.1, 0.15) is 49.1 Å². The third kappa shape index (κ3) is 4.33. The lowest BCUT2D eigenvalue weighted by atomic mass is 10.1. The van der Waals surface area contributed by atoms with Crippen molar-refractivity contribution >= 4 is 24.0 Å². The van der Waals surface area contributed by atoms with E-state index in [1.165, 1.54) is 12.8 Å². The molecule has 152 valence electrons. The first-order valence-corrected chi connectivity index (χ1v) is 9.91. The van der Waals surface area contributed by atoms with E-state index in [-0.39, 0.29) is 24.4 Å². The zero-order chi connectivity index (χ0) is 18.8. The molecule has 1 saturated carbocycles. The Balaban J connectivity index is 0.00000225. The van der Waals surface area contributed by atoms with Crippen LogP contribution in [0.4, 0.5) is 5.69 Å². The van der Waals surface area contributed by atoms with E-state index in [0.717, 1.165) is 37.4 Å². The number of carbonyl (C=O) groups excluding carboxylic acids is 1. The lowest BCUT2D eigenvalue weighted by Gasteiger charge is -2.29. The van der Waals surface area contributed by atoms with Gasteiger partial charge in [-0.25, -0.2) is 0 Å². The molecule has 1 aliphatic carbocycles. The van der Waals surface area contributed by atoms with E-state index < -0.39 is 0 Å². The average Bonchev–Trinajstić information content (AvgIpc) is 3.45. The van der Waals surface area contributed by atoms with Crippen molar-refractivity contribution in [3.05, 3.63) is 42.2 Å². The van der Waals surface area contributed by atoms with Crippen molar-refractivity contribution < 1.29 is 9.53 Å². The second-order valence-corrected chi connectivity index (χ2v) is 7.63. The van der Waals surface area contributed by atoms with Gasteiger partial charge in [0.25, 0.3) is 5.91 Å². The molecule has 2 aliphatic rings. The maximum atomic E-state index is 13.4. The summed E-state index contributed by atoms with van der Waals surface area (Å²) < 4.78 is 7.21. The fourth-order valence-corrected chi connectivity index (χ4v) is 3.91. The third-order valence-corrected chi connectivity index (χ3v) is 5.75. The summed E-state index contributed by atoms with van der Waals surface area (Å²) in [6.45, 7) is 4.12. The standard InChI is InChI=1S/C21H28N4O2.ClH/c1-15(16-5-6-16)25(17-7-9-19(27-2)10-8-17)21(26)20-11-13-24(23-20)18-4-3-12-22-14-18;/h7-11,13,15-16,18,22H,3-6,12,14H2,1-2H3;1H. The van der Waals surface area contributed by atoms with Crippen LogP contribution in [0, 0.1) is 5.92 Å². The number of nitrogens with zero attached hydrogens (tertiary/aromatic N) is 3. The number of carbonyl (C=O) groups is 1. The monoisotopic (exact) mass is 404 g/mol. The molecule has 1 saturated heterocycles. The quantitative estimate of drug-likeness (QED) is 0.797. The summed E-state index contributed by atoms with van der Waals surface area (Å²) in [7, 11) is 1.65. The van der Waals surface area contributed by atoms with Crippen molar-refractivity contribution in [1.29, 1.82) is 0 Å². The first-order chi connectivity index (χ1) is 13.2. The van der Waals surface area contributed by atoms with Gasteiger partial charge in [-0.3, -0.25) is 9.48 Å². The highest BCUT2D eigenvalue weighted by molar-refractivity contribution is 6.05. The van der Waals surface area contributed by atoms with Crippen LogP contribution in [-0.2, 0) is 0 Å². The normalized spacial score (nSPS) is 20.1. The Labute approximate surface area is 172 Å². The number of nitrogens with one attached hydrogen (secondary N) is 1. The van der Waals surface area contributed by atoms with Gasteiger partial charge in [0.05, 0.1) is 13.2 Å². The van der Waals surface area contributed by atoms with Crippen molar-refractivity contribution in [2.45, 2.75) is 44.7 Å². The van der Waals surface area contributed by atoms with E-state index in [2.05, 4.69) is 17.3 Å². The number of methoxy groups -OCH3 is 1. The minimum Gasteiger partial charge on any atom is -0.497 e. The number of piperidine rings is 1. The molecule has 2 fully saturated rings. The van der Waals surface area contributed by atoms with Gasteiger partial charge >= 0.3 is 0 Å². The largest absolute Gasteiger partial charge is 0.497 e. The van der Waals surface area contributed by atoms with Crippen LogP contribution in [-0.4, -0.2) is 41.9 Å². The van der Waals surface area contributed by atoms with Crippen LogP contribution in [0.5, 0.6) is 5.75 Å². The second-order valence-electron chi connectivity index (χ2n) is 7.63. The van der Waals surface area contributed by atoms with Crippen LogP contribution in [0.3, 0.4) is 0 Å². The summed E-state index contributed by atoms with van der Waals surface area (Å²) in [5.74, 6) is 1.34. The maximum absolute atomic E-state index is 13.4. The predicted molar refractivity (Wildman–Crippen MR) is 113 cm³/mol. The van der Waals surface area contributed by atoms with Crippen molar-refractivity contribution in [2.75, 3.05) is 25.1 Å². The summed E-state index contributed by atoms with van der Waals surface area (Å²) in [6.07, 6.45) is 6.55. The number of amides is 1. The number of halogens is 1. The van der Waals surface area contributed by atoms with E-state index in [9.17, 15) is 4.79 Å². The number of hydrogen-bond acceptors (Lipinski definition) is 4. The van der Waals surface area contributed by atoms with E-state index in [0.29, 0.717) is 17.7 Å². The van der Waals surface area contributed by atoms with Gasteiger partial charge in [-0.1, -0.05) is 0 Å². The Hall–Kier alpha value is -2.05. The number of rotatable bonds is 6. The summed E-state index contributed by atoms with van der Waals surface area (Å²) >= 11 is 0. The SMILES string of the molecule is COc1ccc(N(C(=O)c2ccn(C3CCCNC3)n2)C(C)C2CC2)cc1.Cl. The minimum absolute atomic E-state index is 0. The lowest BCUT2D eigenvalue weighted by Crippen LogP contribution is -2.40. The minimum atomic E-state index is -0.0258. The van der Waals surface area contributed by atoms with Gasteiger partial charge in [0, 0.05) is 24.5 Å². The molecule has 7 heteroatoms. The average molecular weight is 405 g/mol. The molecule has 28 heavy (non-hydrogen) atoms. The fourth-order valence-electron chi connectivity index (χ4n) is 3.91. The van der Waals surface area contributed by atoms with E-state index in [4.69, 9.17) is 4.74 Å². The maximum Gasteiger partial charge on any atom is 0.279 e. The molecule has 0 spiro atoms. The predicted octanol–water partition coefficient (Wildman–Crippen LogP) is 3.68. The zero-order valence-electron chi connectivity index (χ0n) is 16.5. The van der Waals surface area contributed by atoms with Gasteiger partial charge in [-0.2, -0.15) is 5.10 Å². The summed E-state index contributed by atoms with van der Waals surface area (Å²) in [4.78, 5) is 15.3. The Bertz CT molecular complexity index is 782. The van der Waals surface area contributed by atoms with Gasteiger partial charge < -0.3 is 15.0 Å². The van der Waals surface area contributed by atoms with Gasteiger partial charge in [-0.05, 0) is 75.4 Å². The molecule has 2 atom stereocenters. The van der Waals surface area contributed by atoms with Crippen molar-refractivity contribution in [3.63, 3.8) is 0 Å². The van der Waals surface area contributed by atoms with Gasteiger partial charge in [-0.15, -0.1) is 12.4 Å². The van der Waals surface area contributed by atoms with E-state index in [1.807, 2.05) is 46.1 Å². The topological polar surface area (TPSA) is 59.4 Å². The van der Waals surface area contributed by atoms with Crippen LogP contribution in [0.15, 0.2) is 36.5 Å². The number of anilines is 1. The summed E-state index contributed by atoms with van der Waals surface area (Å²) in [6, 6.07) is 10.1. The molecule has 2 heterocycles. The summed E-state index contributed by atoms with van der Waals surface area (Å²) in [5.41, 5.74) is 1.41. The van der Waals surface area contributed by atoms with Crippen molar-refractivity contribution in [3.8, 4) is 5.75 Å². The lowest BCUT2D eigenvalue weighted by molar-refractivity contribution is 0.0969. The molecule has 0 radical (unpaired) electrons. The number of aromatic nitrogens is 2. The molecule has 2 aromatic rings. The van der Waals surface area contributed by atoms with Crippen molar-refractivity contribution in [2.24, 2.45) is 5.92 Å². The second kappa shape index (κ2) is 8.97. The third-order valence-electron chi connectivity index (χ3n) is 5.75. The first-order valence-electron chi connectivity index (χ1n) is 9.91. The molecule has 1 amide bonds. The molecular formula is C21H29ClN4O2. The number of ether oxygens (including phenoxy) is 1. The Morgan fingerprint density at radius 1 is 1.25 bits per heavy atom. The highest BCUT2D eigenvalue weighted by Crippen LogP contribution is 2.37. The van der Waals surface area contributed by atoms with E-state index >= 15 is 0 Å². The molecule has 1 aromatic heterocycles. The Kier molecular flexibility index (Phi) is 6.62. The molecule has 4 rings (SSSR count). The van der Waals surface area contributed by atoms with Gasteiger partial charge in [0.2, 0.25) is 0 Å². The first kappa shape index (κ1) is 20.7. The molecule has 2 unspecified atom stereocenters. The number of hydrogen-bond donors (Lipinski definition) is 1. The highest BCUT2D eigenvalue weighted by Gasteiger charge is 2.36. The molecule has 0 bridgehead atoms. The number of benzene rings is 1. The molecule has 6 nitrogen and oxygen atoms in total. The van der Waals surface area contributed by atoms with Crippen LogP contribution in [0.25, 0.3) is 0 Å². The zero-order valence-corrected chi connectivity index (χ0v) is 17.3. The van der Waals surface area contributed by atoms with Gasteiger partial charge in [0.15, 0.2) is 5.69 Å². The fraction of sp³-hybridized carbons (Fsp3) is 0.524. The Morgan fingerprint density at radius 3 is 2.61 bits per heavy atom. The van der Waals surface area contributed by atoms with Crippen LogP contribution < -0.4 is 15.0 Å². The highest BCUT2D eigenvalue weighted by atomic mass is 35.5. The summed E-state index contributed by atoms with van der Waals surface area (Å²) in [5, 5.41) is 8.04. The molecular weight excluding hydrogens is 376 g/mol. The molecule has 1 aromatic carbocycles. The van der Waals surface area contributed by atoms with Gasteiger partial charge in [0.1, 0.15) is 5.75 Å². The van der Waals surface area contributed by atoms with Crippen molar-refractivity contribution in [1.82, 2.24) is 15.1 Å². The van der Waals surface area contributed by atoms with Crippen LogP contribution in [0.2, 0.25) is 0 Å². The molecule has 1 aliphatic heterocycles.